The van der Waals surface area contributed by atoms with Crippen LogP contribution in [0.15, 0.2) is 18.2 Å². The summed E-state index contributed by atoms with van der Waals surface area (Å²) in [4.78, 5) is 10.8. The van der Waals surface area contributed by atoms with Crippen molar-refractivity contribution in [3.8, 4) is 0 Å². The molecule has 2 rings (SSSR count). The average molecular weight is 230 g/mol. The zero-order valence-electron chi connectivity index (χ0n) is 8.21. The summed E-state index contributed by atoms with van der Waals surface area (Å²) in [6.07, 6.45) is -2.89. The minimum absolute atomic E-state index is 0.0181. The highest BCUT2D eigenvalue weighted by molar-refractivity contribution is 5.90. The second-order valence-corrected chi connectivity index (χ2v) is 3.88. The Balaban J connectivity index is 2.48. The van der Waals surface area contributed by atoms with Crippen LogP contribution in [0.5, 0.6) is 0 Å². The van der Waals surface area contributed by atoms with E-state index in [9.17, 15) is 18.0 Å². The molecule has 1 aromatic carbocycles. The van der Waals surface area contributed by atoms with Gasteiger partial charge < -0.3 is 5.11 Å². The highest BCUT2D eigenvalue weighted by Crippen LogP contribution is 2.43. The maximum absolute atomic E-state index is 12.4. The van der Waals surface area contributed by atoms with Gasteiger partial charge in [-0.1, -0.05) is 0 Å². The van der Waals surface area contributed by atoms with Crippen LogP contribution in [0.2, 0.25) is 0 Å². The Morgan fingerprint density at radius 2 is 1.94 bits per heavy atom. The highest BCUT2D eigenvalue weighted by Gasteiger charge is 2.34. The van der Waals surface area contributed by atoms with Gasteiger partial charge in [-0.05, 0) is 42.5 Å². The van der Waals surface area contributed by atoms with Gasteiger partial charge >= 0.3 is 12.1 Å². The molecule has 86 valence electrons. The van der Waals surface area contributed by atoms with E-state index in [-0.39, 0.29) is 11.5 Å². The Hall–Kier alpha value is -1.52. The van der Waals surface area contributed by atoms with Gasteiger partial charge in [0.2, 0.25) is 0 Å². The lowest BCUT2D eigenvalue weighted by atomic mass is 10.00. The van der Waals surface area contributed by atoms with Crippen LogP contribution in [-0.4, -0.2) is 11.1 Å². The van der Waals surface area contributed by atoms with Crippen molar-refractivity contribution in [1.29, 1.82) is 0 Å². The number of rotatable bonds is 2. The topological polar surface area (TPSA) is 37.3 Å². The molecule has 16 heavy (non-hydrogen) atoms. The Kier molecular flexibility index (Phi) is 2.40. The molecule has 0 heterocycles. The third-order valence-corrected chi connectivity index (χ3v) is 2.63. The Morgan fingerprint density at radius 3 is 2.38 bits per heavy atom. The first kappa shape index (κ1) is 11.0. The molecule has 1 N–H and O–H groups in total. The molecule has 1 aromatic rings. The van der Waals surface area contributed by atoms with Crippen molar-refractivity contribution < 1.29 is 23.1 Å². The summed E-state index contributed by atoms with van der Waals surface area (Å²) >= 11 is 0. The maximum Gasteiger partial charge on any atom is 0.416 e. The summed E-state index contributed by atoms with van der Waals surface area (Å²) in [5.41, 5.74) is -0.489. The lowest BCUT2D eigenvalue weighted by Crippen LogP contribution is -2.08. The molecule has 1 aliphatic carbocycles. The first-order valence-corrected chi connectivity index (χ1v) is 4.84. The summed E-state index contributed by atoms with van der Waals surface area (Å²) in [6, 6.07) is 2.81. The largest absolute Gasteiger partial charge is 0.478 e. The summed E-state index contributed by atoms with van der Waals surface area (Å²) in [5, 5.41) is 8.85. The molecule has 5 heteroatoms. The molecule has 2 nitrogen and oxygen atoms in total. The van der Waals surface area contributed by atoms with E-state index in [1.165, 1.54) is 0 Å². The highest BCUT2D eigenvalue weighted by atomic mass is 19.4. The van der Waals surface area contributed by atoms with Gasteiger partial charge in [0.05, 0.1) is 11.1 Å². The zero-order valence-corrected chi connectivity index (χ0v) is 8.21. The fraction of sp³-hybridized carbons (Fsp3) is 0.364. The molecule has 1 aliphatic rings. The first-order valence-electron chi connectivity index (χ1n) is 4.84. The minimum Gasteiger partial charge on any atom is -0.478 e. The lowest BCUT2D eigenvalue weighted by Gasteiger charge is -2.10. The van der Waals surface area contributed by atoms with E-state index in [4.69, 9.17) is 5.11 Å². The van der Waals surface area contributed by atoms with E-state index in [0.29, 0.717) is 5.56 Å². The van der Waals surface area contributed by atoms with Gasteiger partial charge in [-0.15, -0.1) is 0 Å². The SMILES string of the molecule is O=C(O)c1ccc(C(F)(F)F)cc1C1CC1. The standard InChI is InChI=1S/C11H9F3O2/c12-11(13,14)7-3-4-8(10(15)16)9(5-7)6-1-2-6/h3-6H,1-2H2,(H,15,16). The van der Waals surface area contributed by atoms with Gasteiger partial charge in [-0.3, -0.25) is 0 Å². The summed E-state index contributed by atoms with van der Waals surface area (Å²) in [6.45, 7) is 0. The van der Waals surface area contributed by atoms with Crippen molar-refractivity contribution in [3.05, 3.63) is 34.9 Å². The van der Waals surface area contributed by atoms with E-state index < -0.39 is 17.7 Å². The van der Waals surface area contributed by atoms with Crippen molar-refractivity contribution in [1.82, 2.24) is 0 Å². The number of halogens is 3. The molecule has 1 fully saturated rings. The number of aromatic carboxylic acids is 1. The molecule has 0 aromatic heterocycles. The second-order valence-electron chi connectivity index (χ2n) is 3.88. The van der Waals surface area contributed by atoms with Crippen LogP contribution >= 0.6 is 0 Å². The van der Waals surface area contributed by atoms with E-state index in [1.54, 1.807) is 0 Å². The second kappa shape index (κ2) is 3.50. The summed E-state index contributed by atoms with van der Waals surface area (Å²) < 4.78 is 37.3. The van der Waals surface area contributed by atoms with E-state index in [1.807, 2.05) is 0 Å². The number of hydrogen-bond donors (Lipinski definition) is 1. The van der Waals surface area contributed by atoms with Crippen LogP contribution in [0.4, 0.5) is 13.2 Å². The molecule has 1 saturated carbocycles. The van der Waals surface area contributed by atoms with Crippen LogP contribution < -0.4 is 0 Å². The molecule has 0 saturated heterocycles. The van der Waals surface area contributed by atoms with Crippen LogP contribution in [0, 0.1) is 0 Å². The minimum atomic E-state index is -4.42. The molecule has 0 bridgehead atoms. The monoisotopic (exact) mass is 230 g/mol. The van der Waals surface area contributed by atoms with Crippen LogP contribution in [0.3, 0.4) is 0 Å². The summed E-state index contributed by atoms with van der Waals surface area (Å²) in [7, 11) is 0. The molecule has 0 atom stereocenters. The molecular weight excluding hydrogens is 221 g/mol. The number of carboxylic acids is 1. The van der Waals surface area contributed by atoms with Gasteiger partial charge in [0.1, 0.15) is 0 Å². The fourth-order valence-corrected chi connectivity index (χ4v) is 1.67. The molecular formula is C11H9F3O2. The smallest absolute Gasteiger partial charge is 0.416 e. The van der Waals surface area contributed by atoms with Gasteiger partial charge in [0.25, 0.3) is 0 Å². The average Bonchev–Trinajstić information content (AvgIpc) is 2.98. The number of carbonyl (C=O) groups is 1. The van der Waals surface area contributed by atoms with Crippen molar-refractivity contribution in [3.63, 3.8) is 0 Å². The van der Waals surface area contributed by atoms with Gasteiger partial charge in [0.15, 0.2) is 0 Å². The predicted molar refractivity (Wildman–Crippen MR) is 50.4 cm³/mol. The Morgan fingerprint density at radius 1 is 1.31 bits per heavy atom. The molecule has 0 aliphatic heterocycles. The number of benzene rings is 1. The third kappa shape index (κ3) is 2.03. The van der Waals surface area contributed by atoms with E-state index in [2.05, 4.69) is 0 Å². The molecule has 0 unspecified atom stereocenters. The maximum atomic E-state index is 12.4. The molecule has 0 amide bonds. The quantitative estimate of drug-likeness (QED) is 0.846. The summed E-state index contributed by atoms with van der Waals surface area (Å²) in [5.74, 6) is -1.19. The van der Waals surface area contributed by atoms with Gasteiger partial charge in [-0.2, -0.15) is 13.2 Å². The Labute approximate surface area is 89.7 Å². The van der Waals surface area contributed by atoms with E-state index in [0.717, 1.165) is 31.0 Å². The van der Waals surface area contributed by atoms with Crippen molar-refractivity contribution in [2.75, 3.05) is 0 Å². The number of hydrogen-bond acceptors (Lipinski definition) is 1. The fourth-order valence-electron chi connectivity index (χ4n) is 1.67. The van der Waals surface area contributed by atoms with Crippen molar-refractivity contribution in [2.45, 2.75) is 24.9 Å². The van der Waals surface area contributed by atoms with Crippen molar-refractivity contribution >= 4 is 5.97 Å². The van der Waals surface area contributed by atoms with Crippen LogP contribution in [-0.2, 0) is 6.18 Å². The predicted octanol–water partition coefficient (Wildman–Crippen LogP) is 3.28. The Bertz CT molecular complexity index is 433. The first-order chi connectivity index (χ1) is 7.39. The lowest BCUT2D eigenvalue weighted by molar-refractivity contribution is -0.137. The van der Waals surface area contributed by atoms with Crippen LogP contribution in [0.1, 0.15) is 40.2 Å². The van der Waals surface area contributed by atoms with E-state index >= 15 is 0 Å². The zero-order chi connectivity index (χ0) is 11.9. The third-order valence-electron chi connectivity index (χ3n) is 2.63. The van der Waals surface area contributed by atoms with Gasteiger partial charge in [0, 0.05) is 0 Å². The van der Waals surface area contributed by atoms with Gasteiger partial charge in [-0.25, -0.2) is 4.79 Å². The number of carboxylic acid groups (broad SMARTS) is 1. The van der Waals surface area contributed by atoms with Crippen LogP contribution in [0.25, 0.3) is 0 Å². The molecule has 0 spiro atoms. The number of alkyl halides is 3. The normalized spacial score (nSPS) is 16.2. The van der Waals surface area contributed by atoms with Crippen molar-refractivity contribution in [2.24, 2.45) is 0 Å². The molecule has 0 radical (unpaired) electrons.